The lowest BCUT2D eigenvalue weighted by Crippen LogP contribution is -2.26. The Hall–Kier alpha value is -2.17. The van der Waals surface area contributed by atoms with Crippen LogP contribution in [-0.2, 0) is 11.2 Å². The van der Waals surface area contributed by atoms with Crippen molar-refractivity contribution in [3.05, 3.63) is 35.9 Å². The highest BCUT2D eigenvalue weighted by molar-refractivity contribution is 5.67. The first-order valence-corrected chi connectivity index (χ1v) is 6.35. The average molecular weight is 279 g/mol. The molecule has 0 aliphatic heterocycles. The maximum Gasteiger partial charge on any atom is 0.407 e. The molecule has 0 saturated heterocycles. The first kappa shape index (κ1) is 15.9. The fourth-order valence-corrected chi connectivity index (χ4v) is 1.78. The van der Waals surface area contributed by atoms with Gasteiger partial charge in [0, 0.05) is 6.54 Å². The molecule has 0 fully saturated rings. The van der Waals surface area contributed by atoms with Gasteiger partial charge in [-0.1, -0.05) is 12.7 Å². The van der Waals surface area contributed by atoms with E-state index < -0.39 is 6.09 Å². The van der Waals surface area contributed by atoms with E-state index in [1.54, 1.807) is 14.2 Å². The molecule has 0 spiro atoms. The summed E-state index contributed by atoms with van der Waals surface area (Å²) in [6.07, 6.45) is 1.77. The van der Waals surface area contributed by atoms with Crippen molar-refractivity contribution >= 4 is 6.09 Å². The maximum absolute atomic E-state index is 11.3. The molecule has 5 nitrogen and oxygen atoms in total. The molecule has 20 heavy (non-hydrogen) atoms. The third-order valence-electron chi connectivity index (χ3n) is 2.84. The van der Waals surface area contributed by atoms with Crippen molar-refractivity contribution < 1.29 is 19.0 Å². The molecule has 0 aliphatic carbocycles. The van der Waals surface area contributed by atoms with Crippen molar-refractivity contribution in [1.29, 1.82) is 0 Å². The molecule has 1 amide bonds. The van der Waals surface area contributed by atoms with Gasteiger partial charge in [-0.25, -0.2) is 4.79 Å². The molecule has 0 atom stereocenters. The van der Waals surface area contributed by atoms with Crippen LogP contribution in [0.25, 0.3) is 0 Å². The Kier molecular flexibility index (Phi) is 6.43. The van der Waals surface area contributed by atoms with Crippen molar-refractivity contribution in [2.45, 2.75) is 13.3 Å². The van der Waals surface area contributed by atoms with Crippen LogP contribution >= 0.6 is 0 Å². The van der Waals surface area contributed by atoms with E-state index >= 15 is 0 Å². The van der Waals surface area contributed by atoms with Crippen LogP contribution in [0, 0.1) is 6.92 Å². The summed E-state index contributed by atoms with van der Waals surface area (Å²) >= 11 is 0. The van der Waals surface area contributed by atoms with E-state index in [-0.39, 0.29) is 6.61 Å². The predicted octanol–water partition coefficient (Wildman–Crippen LogP) is 2.47. The van der Waals surface area contributed by atoms with E-state index in [1.165, 1.54) is 6.08 Å². The highest BCUT2D eigenvalue weighted by atomic mass is 16.5. The molecule has 1 rings (SSSR count). The summed E-state index contributed by atoms with van der Waals surface area (Å²) in [5.74, 6) is 1.38. The summed E-state index contributed by atoms with van der Waals surface area (Å²) in [7, 11) is 3.20. The minimum absolute atomic E-state index is 0.210. The molecule has 0 aliphatic rings. The van der Waals surface area contributed by atoms with Crippen LogP contribution in [0.3, 0.4) is 0 Å². The Morgan fingerprint density at radius 2 is 1.95 bits per heavy atom. The molecular formula is C15H21NO4. The second-order valence-corrected chi connectivity index (χ2v) is 4.20. The molecule has 0 heterocycles. The fraction of sp³-hybridized carbons (Fsp3) is 0.400. The monoisotopic (exact) mass is 279 g/mol. The number of methoxy groups -OCH3 is 2. The zero-order chi connectivity index (χ0) is 15.0. The lowest BCUT2D eigenvalue weighted by atomic mass is 10.0. The number of amides is 1. The molecule has 1 aromatic rings. The zero-order valence-electron chi connectivity index (χ0n) is 12.2. The molecule has 5 heteroatoms. The van der Waals surface area contributed by atoms with Crippen LogP contribution in [0.4, 0.5) is 4.79 Å². The molecule has 0 bridgehead atoms. The smallest absolute Gasteiger partial charge is 0.407 e. The van der Waals surface area contributed by atoms with Crippen molar-refractivity contribution in [1.82, 2.24) is 5.32 Å². The Bertz CT molecular complexity index is 471. The van der Waals surface area contributed by atoms with Gasteiger partial charge in [0.05, 0.1) is 14.2 Å². The molecular weight excluding hydrogens is 258 g/mol. The van der Waals surface area contributed by atoms with Crippen LogP contribution in [0.5, 0.6) is 11.5 Å². The van der Waals surface area contributed by atoms with Crippen LogP contribution in [0.2, 0.25) is 0 Å². The van der Waals surface area contributed by atoms with E-state index in [1.807, 2.05) is 19.1 Å². The number of rotatable bonds is 7. The van der Waals surface area contributed by atoms with Gasteiger partial charge in [-0.05, 0) is 36.6 Å². The van der Waals surface area contributed by atoms with E-state index in [4.69, 9.17) is 14.2 Å². The first-order valence-electron chi connectivity index (χ1n) is 6.35. The van der Waals surface area contributed by atoms with Crippen LogP contribution in [0.1, 0.15) is 11.1 Å². The van der Waals surface area contributed by atoms with Crippen LogP contribution in [-0.4, -0.2) is 33.5 Å². The molecule has 0 unspecified atom stereocenters. The number of hydrogen-bond acceptors (Lipinski definition) is 4. The Morgan fingerprint density at radius 1 is 1.30 bits per heavy atom. The van der Waals surface area contributed by atoms with Gasteiger partial charge in [0.15, 0.2) is 11.5 Å². The van der Waals surface area contributed by atoms with Crippen LogP contribution in [0.15, 0.2) is 24.8 Å². The summed E-state index contributed by atoms with van der Waals surface area (Å²) in [6, 6.07) is 3.84. The lowest BCUT2D eigenvalue weighted by Gasteiger charge is -2.13. The SMILES string of the molecule is C=CCOC(=O)NCCc1cc(OC)c(OC)cc1C. The number of ether oxygens (including phenoxy) is 3. The lowest BCUT2D eigenvalue weighted by molar-refractivity contribution is 0.158. The Morgan fingerprint density at radius 3 is 2.55 bits per heavy atom. The van der Waals surface area contributed by atoms with Crippen molar-refractivity contribution in [3.63, 3.8) is 0 Å². The fourth-order valence-electron chi connectivity index (χ4n) is 1.78. The van der Waals surface area contributed by atoms with Crippen molar-refractivity contribution in [2.24, 2.45) is 0 Å². The predicted molar refractivity (Wildman–Crippen MR) is 77.5 cm³/mol. The number of nitrogens with one attached hydrogen (secondary N) is 1. The zero-order valence-corrected chi connectivity index (χ0v) is 12.2. The van der Waals surface area contributed by atoms with Gasteiger partial charge in [-0.15, -0.1) is 0 Å². The minimum Gasteiger partial charge on any atom is -0.493 e. The largest absolute Gasteiger partial charge is 0.493 e. The number of carbonyl (C=O) groups excluding carboxylic acids is 1. The van der Waals surface area contributed by atoms with Gasteiger partial charge < -0.3 is 19.5 Å². The third kappa shape index (κ3) is 4.50. The highest BCUT2D eigenvalue weighted by Crippen LogP contribution is 2.30. The third-order valence-corrected chi connectivity index (χ3v) is 2.84. The molecule has 0 saturated carbocycles. The van der Waals surface area contributed by atoms with Crippen molar-refractivity contribution in [3.8, 4) is 11.5 Å². The van der Waals surface area contributed by atoms with Gasteiger partial charge in [0.2, 0.25) is 0 Å². The van der Waals surface area contributed by atoms with E-state index in [9.17, 15) is 4.79 Å². The quantitative estimate of drug-likeness (QED) is 0.779. The van der Waals surface area contributed by atoms with Gasteiger partial charge in [-0.3, -0.25) is 0 Å². The topological polar surface area (TPSA) is 56.8 Å². The average Bonchev–Trinajstić information content (AvgIpc) is 2.46. The minimum atomic E-state index is -0.442. The summed E-state index contributed by atoms with van der Waals surface area (Å²) < 4.78 is 15.3. The number of hydrogen-bond donors (Lipinski definition) is 1. The van der Waals surface area contributed by atoms with Crippen LogP contribution < -0.4 is 14.8 Å². The van der Waals surface area contributed by atoms with Crippen molar-refractivity contribution in [2.75, 3.05) is 27.4 Å². The summed E-state index contributed by atoms with van der Waals surface area (Å²) in [4.78, 5) is 11.3. The van der Waals surface area contributed by atoms with E-state index in [0.29, 0.717) is 24.5 Å². The van der Waals surface area contributed by atoms with Gasteiger partial charge >= 0.3 is 6.09 Å². The standard InChI is InChI=1S/C15H21NO4/c1-5-8-20-15(17)16-7-6-12-10-14(19-4)13(18-3)9-11(12)2/h5,9-10H,1,6-8H2,2-4H3,(H,16,17). The summed E-state index contributed by atoms with van der Waals surface area (Å²) in [5.41, 5.74) is 2.18. The summed E-state index contributed by atoms with van der Waals surface area (Å²) in [6.45, 7) is 6.17. The summed E-state index contributed by atoms with van der Waals surface area (Å²) in [5, 5.41) is 2.68. The van der Waals surface area contributed by atoms with E-state index in [2.05, 4.69) is 11.9 Å². The van der Waals surface area contributed by atoms with Gasteiger partial charge in [0.25, 0.3) is 0 Å². The number of aryl methyl sites for hydroxylation is 1. The molecule has 0 aromatic heterocycles. The second-order valence-electron chi connectivity index (χ2n) is 4.20. The molecule has 1 aromatic carbocycles. The number of carbonyl (C=O) groups is 1. The van der Waals surface area contributed by atoms with Gasteiger partial charge in [-0.2, -0.15) is 0 Å². The molecule has 1 N–H and O–H groups in total. The first-order chi connectivity index (χ1) is 9.62. The number of benzene rings is 1. The van der Waals surface area contributed by atoms with Gasteiger partial charge in [0.1, 0.15) is 6.61 Å². The molecule has 0 radical (unpaired) electrons. The second kappa shape index (κ2) is 8.09. The number of alkyl carbamates (subject to hydrolysis) is 1. The van der Waals surface area contributed by atoms with E-state index in [0.717, 1.165) is 11.1 Å². The normalized spacial score (nSPS) is 9.75. The maximum atomic E-state index is 11.3. The Balaban J connectivity index is 2.59. The Labute approximate surface area is 119 Å². The highest BCUT2D eigenvalue weighted by Gasteiger charge is 2.09. The molecule has 110 valence electrons.